The Morgan fingerprint density at radius 1 is 1.30 bits per heavy atom. The van der Waals surface area contributed by atoms with Crippen LogP contribution < -0.4 is 4.90 Å². The first-order valence-corrected chi connectivity index (χ1v) is 8.40. The Kier molecular flexibility index (Phi) is 4.43. The topological polar surface area (TPSA) is 41.8 Å². The van der Waals surface area contributed by atoms with Crippen molar-refractivity contribution in [2.24, 2.45) is 5.41 Å². The molecule has 1 aliphatic heterocycles. The van der Waals surface area contributed by atoms with Crippen molar-refractivity contribution >= 4 is 23.4 Å². The largest absolute Gasteiger partial charge is 0.316 e. The molecule has 6 heteroatoms. The van der Waals surface area contributed by atoms with E-state index in [9.17, 15) is 14.0 Å². The van der Waals surface area contributed by atoms with Crippen molar-refractivity contribution in [3.63, 3.8) is 0 Å². The van der Waals surface area contributed by atoms with Crippen LogP contribution in [0.3, 0.4) is 0 Å². The average molecular weight is 340 g/mol. The number of rotatable bonds is 4. The van der Waals surface area contributed by atoms with Gasteiger partial charge in [0.15, 0.2) is 6.67 Å². The molecule has 1 aromatic carbocycles. The second-order valence-electron chi connectivity index (χ2n) is 6.78. The van der Waals surface area contributed by atoms with Crippen LogP contribution in [-0.4, -0.2) is 30.4 Å². The van der Waals surface area contributed by atoms with Gasteiger partial charge in [-0.3, -0.25) is 9.59 Å². The van der Waals surface area contributed by atoms with Gasteiger partial charge in [-0.05, 0) is 25.0 Å². The summed E-state index contributed by atoms with van der Waals surface area (Å²) in [5.41, 5.74) is -0.0335. The van der Waals surface area contributed by atoms with Gasteiger partial charge in [0.2, 0.25) is 11.8 Å². The number of nitrogens with one attached hydrogen (secondary N) is 1. The summed E-state index contributed by atoms with van der Waals surface area (Å²) in [7, 11) is 1.84. The molecule has 124 valence electrons. The molecule has 0 radical (unpaired) electrons. The summed E-state index contributed by atoms with van der Waals surface area (Å²) in [6, 6.07) is 4.58. The molecule has 1 aromatic rings. The summed E-state index contributed by atoms with van der Waals surface area (Å²) in [5.74, 6) is -0.502. The molecule has 1 heterocycles. The molecule has 2 aliphatic rings. The lowest BCUT2D eigenvalue weighted by atomic mass is 9.85. The number of imide groups is 1. The highest BCUT2D eigenvalue weighted by molar-refractivity contribution is 6.31. The van der Waals surface area contributed by atoms with Crippen molar-refractivity contribution < 1.29 is 18.9 Å². The molecule has 0 aromatic heterocycles. The third-order valence-corrected chi connectivity index (χ3v) is 5.37. The van der Waals surface area contributed by atoms with Gasteiger partial charge in [0.25, 0.3) is 0 Å². The monoisotopic (exact) mass is 339 g/mol. The Balaban J connectivity index is 1.69. The number of halogens is 2. The van der Waals surface area contributed by atoms with Gasteiger partial charge in [-0.2, -0.15) is 0 Å². The number of likely N-dealkylation sites (tertiary alicyclic amines) is 1. The fourth-order valence-electron chi connectivity index (χ4n) is 3.79. The SMILES string of the molecule is C[NH+](Cc1c(F)cccc1Cl)CN1C(=O)CC2(CCCC2)C1=O. The molecule has 1 N–H and O–H groups in total. The molecule has 23 heavy (non-hydrogen) atoms. The minimum absolute atomic E-state index is 0.0426. The van der Waals surface area contributed by atoms with Gasteiger partial charge in [-0.15, -0.1) is 0 Å². The van der Waals surface area contributed by atoms with E-state index in [4.69, 9.17) is 11.6 Å². The van der Waals surface area contributed by atoms with E-state index in [0.29, 0.717) is 23.6 Å². The molecule has 2 amide bonds. The molecular formula is C17H21ClFN2O2+. The number of amides is 2. The van der Waals surface area contributed by atoms with Crippen molar-refractivity contribution in [1.82, 2.24) is 4.90 Å². The highest BCUT2D eigenvalue weighted by Gasteiger charge is 2.53. The van der Waals surface area contributed by atoms with Crippen molar-refractivity contribution in [1.29, 1.82) is 0 Å². The van der Waals surface area contributed by atoms with Crippen LogP contribution in [0, 0.1) is 11.2 Å². The van der Waals surface area contributed by atoms with E-state index < -0.39 is 5.41 Å². The zero-order valence-electron chi connectivity index (χ0n) is 13.2. The lowest BCUT2D eigenvalue weighted by Gasteiger charge is -2.23. The van der Waals surface area contributed by atoms with E-state index >= 15 is 0 Å². The third-order valence-electron chi connectivity index (χ3n) is 5.02. The number of hydrogen-bond donors (Lipinski definition) is 1. The second-order valence-corrected chi connectivity index (χ2v) is 7.19. The number of carbonyl (C=O) groups is 2. The van der Waals surface area contributed by atoms with Crippen molar-refractivity contribution in [2.75, 3.05) is 13.7 Å². The highest BCUT2D eigenvalue weighted by atomic mass is 35.5. The summed E-state index contributed by atoms with van der Waals surface area (Å²) in [5, 5.41) is 0.371. The molecule has 2 fully saturated rings. The molecule has 1 aliphatic carbocycles. The molecule has 1 unspecified atom stereocenters. The average Bonchev–Trinajstić information content (AvgIpc) is 3.05. The fourth-order valence-corrected chi connectivity index (χ4v) is 4.02. The summed E-state index contributed by atoms with van der Waals surface area (Å²) in [6.45, 7) is 0.583. The number of nitrogens with zero attached hydrogens (tertiary/aromatic N) is 1. The molecular weight excluding hydrogens is 319 g/mol. The summed E-state index contributed by atoms with van der Waals surface area (Å²) in [4.78, 5) is 27.1. The van der Waals surface area contributed by atoms with Crippen molar-refractivity contribution in [3.05, 3.63) is 34.6 Å². The lowest BCUT2D eigenvalue weighted by molar-refractivity contribution is -0.901. The lowest BCUT2D eigenvalue weighted by Crippen LogP contribution is -3.09. The standard InChI is InChI=1S/C17H20ClFN2O2/c1-20(10-12-13(18)5-4-6-14(12)19)11-21-15(22)9-17(16(21)23)7-2-3-8-17/h4-6H,2-3,7-11H2,1H3/p+1. The number of carbonyl (C=O) groups excluding carboxylic acids is 2. The van der Waals surface area contributed by atoms with Crippen LogP contribution in [-0.2, 0) is 16.1 Å². The van der Waals surface area contributed by atoms with Gasteiger partial charge < -0.3 is 4.90 Å². The first kappa shape index (κ1) is 16.4. The Morgan fingerprint density at radius 2 is 2.00 bits per heavy atom. The first-order chi connectivity index (χ1) is 10.9. The second kappa shape index (κ2) is 6.21. The van der Waals surface area contributed by atoms with Crippen LogP contribution in [0.4, 0.5) is 4.39 Å². The summed E-state index contributed by atoms with van der Waals surface area (Å²) >= 11 is 6.05. The Bertz CT molecular complexity index is 623. The normalized spacial score (nSPS) is 21.4. The van der Waals surface area contributed by atoms with Gasteiger partial charge in [0.1, 0.15) is 12.4 Å². The quantitative estimate of drug-likeness (QED) is 0.850. The predicted octanol–water partition coefficient (Wildman–Crippen LogP) is 1.77. The molecule has 1 spiro atoms. The van der Waals surface area contributed by atoms with Crippen LogP contribution in [0.5, 0.6) is 0 Å². The van der Waals surface area contributed by atoms with E-state index in [1.165, 1.54) is 11.0 Å². The van der Waals surface area contributed by atoms with Crippen LogP contribution >= 0.6 is 11.6 Å². The van der Waals surface area contributed by atoms with E-state index in [2.05, 4.69) is 0 Å². The van der Waals surface area contributed by atoms with Crippen LogP contribution in [0.15, 0.2) is 18.2 Å². The molecule has 1 atom stereocenters. The summed E-state index contributed by atoms with van der Waals surface area (Å²) in [6.07, 6.45) is 3.98. The summed E-state index contributed by atoms with van der Waals surface area (Å²) < 4.78 is 13.9. The number of benzene rings is 1. The smallest absolute Gasteiger partial charge is 0.240 e. The van der Waals surface area contributed by atoms with Crippen LogP contribution in [0.2, 0.25) is 5.02 Å². The van der Waals surface area contributed by atoms with E-state index in [1.54, 1.807) is 12.1 Å². The Morgan fingerprint density at radius 3 is 2.65 bits per heavy atom. The Labute approximate surface area is 140 Å². The minimum Gasteiger partial charge on any atom is -0.316 e. The Hall–Kier alpha value is -1.46. The molecule has 4 nitrogen and oxygen atoms in total. The van der Waals surface area contributed by atoms with Gasteiger partial charge in [0.05, 0.1) is 23.0 Å². The first-order valence-electron chi connectivity index (χ1n) is 8.02. The van der Waals surface area contributed by atoms with E-state index in [-0.39, 0.29) is 24.3 Å². The number of quaternary nitrogens is 1. The maximum atomic E-state index is 13.9. The van der Waals surface area contributed by atoms with Gasteiger partial charge in [-0.1, -0.05) is 30.5 Å². The number of hydrogen-bond acceptors (Lipinski definition) is 2. The van der Waals surface area contributed by atoms with Crippen molar-refractivity contribution in [3.8, 4) is 0 Å². The van der Waals surface area contributed by atoms with Crippen LogP contribution in [0.25, 0.3) is 0 Å². The maximum Gasteiger partial charge on any atom is 0.240 e. The van der Waals surface area contributed by atoms with Crippen LogP contribution in [0.1, 0.15) is 37.7 Å². The van der Waals surface area contributed by atoms with Gasteiger partial charge in [0, 0.05) is 6.42 Å². The minimum atomic E-state index is -0.451. The highest BCUT2D eigenvalue weighted by Crippen LogP contribution is 2.46. The molecule has 0 bridgehead atoms. The zero-order chi connectivity index (χ0) is 16.6. The van der Waals surface area contributed by atoms with E-state index in [1.807, 2.05) is 7.05 Å². The predicted molar refractivity (Wildman–Crippen MR) is 84.2 cm³/mol. The molecule has 1 saturated carbocycles. The van der Waals surface area contributed by atoms with Crippen molar-refractivity contribution in [2.45, 2.75) is 38.6 Å². The fraction of sp³-hybridized carbons (Fsp3) is 0.529. The van der Waals surface area contributed by atoms with Gasteiger partial charge >= 0.3 is 0 Å². The van der Waals surface area contributed by atoms with E-state index in [0.717, 1.165) is 30.6 Å². The zero-order valence-corrected chi connectivity index (χ0v) is 14.0. The van der Waals surface area contributed by atoms with Gasteiger partial charge in [-0.25, -0.2) is 9.29 Å². The molecule has 1 saturated heterocycles. The third kappa shape index (κ3) is 3.00. The maximum absolute atomic E-state index is 13.9. The molecule has 3 rings (SSSR count).